The second kappa shape index (κ2) is 3.88. The molecule has 3 nitrogen and oxygen atoms in total. The van der Waals surface area contributed by atoms with E-state index in [1.807, 2.05) is 13.0 Å². The predicted molar refractivity (Wildman–Crippen MR) is 57.9 cm³/mol. The molecule has 3 N–H and O–H groups in total. The number of hydrogen-bond acceptors (Lipinski definition) is 3. The van der Waals surface area contributed by atoms with Crippen LogP contribution in [0.3, 0.4) is 0 Å². The van der Waals surface area contributed by atoms with Crippen molar-refractivity contribution in [3.05, 3.63) is 35.6 Å². The van der Waals surface area contributed by atoms with Crippen LogP contribution in [0.2, 0.25) is 0 Å². The summed E-state index contributed by atoms with van der Waals surface area (Å²) in [5.74, 6) is 0.437. The molecule has 1 aromatic rings. The third-order valence-corrected chi connectivity index (χ3v) is 2.66. The zero-order valence-electron chi connectivity index (χ0n) is 8.57. The van der Waals surface area contributed by atoms with Crippen molar-refractivity contribution >= 4 is 5.96 Å². The molecule has 4 heteroatoms. The first-order chi connectivity index (χ1) is 7.18. The van der Waals surface area contributed by atoms with Crippen LogP contribution in [0.4, 0.5) is 4.39 Å². The minimum atomic E-state index is -0.198. The van der Waals surface area contributed by atoms with Gasteiger partial charge in [0, 0.05) is 18.0 Å². The van der Waals surface area contributed by atoms with Gasteiger partial charge in [0.05, 0.1) is 6.04 Å². The average Bonchev–Trinajstić information content (AvgIpc) is 2.23. The lowest BCUT2D eigenvalue weighted by molar-refractivity contribution is 0.408. The van der Waals surface area contributed by atoms with Crippen molar-refractivity contribution in [1.29, 1.82) is 0 Å². The van der Waals surface area contributed by atoms with Crippen molar-refractivity contribution in [2.45, 2.75) is 13.0 Å². The van der Waals surface area contributed by atoms with Crippen LogP contribution in [0, 0.1) is 11.7 Å². The van der Waals surface area contributed by atoms with Gasteiger partial charge in [0.2, 0.25) is 0 Å². The SMILES string of the molecule is CC1CN=C(N)NC1c1ccccc1F. The highest BCUT2D eigenvalue weighted by Gasteiger charge is 2.25. The Balaban J connectivity index is 2.31. The molecule has 1 aliphatic heterocycles. The van der Waals surface area contributed by atoms with Gasteiger partial charge in [0.25, 0.3) is 0 Å². The standard InChI is InChI=1S/C11H14FN3/c1-7-6-14-11(13)15-10(7)8-4-2-3-5-9(8)12/h2-5,7,10H,6H2,1H3,(H3,13,14,15). The van der Waals surface area contributed by atoms with Gasteiger partial charge in [0.1, 0.15) is 5.82 Å². The van der Waals surface area contributed by atoms with Crippen LogP contribution in [0.15, 0.2) is 29.3 Å². The molecule has 15 heavy (non-hydrogen) atoms. The molecule has 0 radical (unpaired) electrons. The summed E-state index contributed by atoms with van der Waals surface area (Å²) >= 11 is 0. The maximum atomic E-state index is 13.6. The lowest BCUT2D eigenvalue weighted by atomic mass is 9.93. The van der Waals surface area contributed by atoms with Gasteiger partial charge in [-0.05, 0) is 6.07 Å². The maximum Gasteiger partial charge on any atom is 0.189 e. The lowest BCUT2D eigenvalue weighted by Crippen LogP contribution is -2.42. The Labute approximate surface area is 88.2 Å². The van der Waals surface area contributed by atoms with Crippen molar-refractivity contribution in [2.24, 2.45) is 16.6 Å². The van der Waals surface area contributed by atoms with Gasteiger partial charge in [-0.25, -0.2) is 4.39 Å². The fourth-order valence-electron chi connectivity index (χ4n) is 1.81. The second-order valence-electron chi connectivity index (χ2n) is 3.85. The molecule has 0 bridgehead atoms. The highest BCUT2D eigenvalue weighted by Crippen LogP contribution is 2.26. The van der Waals surface area contributed by atoms with E-state index in [1.54, 1.807) is 12.1 Å². The van der Waals surface area contributed by atoms with E-state index in [1.165, 1.54) is 6.07 Å². The first-order valence-electron chi connectivity index (χ1n) is 4.99. The van der Waals surface area contributed by atoms with Crippen LogP contribution in [0.5, 0.6) is 0 Å². The molecule has 0 aromatic heterocycles. The second-order valence-corrected chi connectivity index (χ2v) is 3.85. The number of hydrogen-bond donors (Lipinski definition) is 2. The van der Waals surface area contributed by atoms with E-state index in [9.17, 15) is 4.39 Å². The maximum absolute atomic E-state index is 13.6. The average molecular weight is 207 g/mol. The summed E-state index contributed by atoms with van der Waals surface area (Å²) < 4.78 is 13.6. The molecule has 0 saturated carbocycles. The Hall–Kier alpha value is -1.58. The molecule has 0 fully saturated rings. The molecule has 2 rings (SSSR count). The summed E-state index contributed by atoms with van der Waals surface area (Å²) in [5.41, 5.74) is 6.25. The first kappa shape index (κ1) is 9.96. The van der Waals surface area contributed by atoms with Crippen LogP contribution in [-0.2, 0) is 0 Å². The van der Waals surface area contributed by atoms with Gasteiger partial charge in [-0.2, -0.15) is 0 Å². The molecule has 1 aromatic carbocycles. The third-order valence-electron chi connectivity index (χ3n) is 2.66. The van der Waals surface area contributed by atoms with Crippen molar-refractivity contribution < 1.29 is 4.39 Å². The molecule has 0 aliphatic carbocycles. The molecular formula is C11H14FN3. The zero-order valence-corrected chi connectivity index (χ0v) is 8.57. The number of rotatable bonds is 1. The summed E-state index contributed by atoms with van der Waals surface area (Å²) in [4.78, 5) is 4.08. The fraction of sp³-hybridized carbons (Fsp3) is 0.364. The largest absolute Gasteiger partial charge is 0.370 e. The van der Waals surface area contributed by atoms with E-state index in [-0.39, 0.29) is 17.8 Å². The highest BCUT2D eigenvalue weighted by molar-refractivity contribution is 5.79. The van der Waals surface area contributed by atoms with Crippen LogP contribution in [0.25, 0.3) is 0 Å². The Bertz CT molecular complexity index is 389. The van der Waals surface area contributed by atoms with E-state index in [0.717, 1.165) is 0 Å². The predicted octanol–water partition coefficient (Wildman–Crippen LogP) is 1.42. The number of halogens is 1. The monoisotopic (exact) mass is 207 g/mol. The molecule has 0 amide bonds. The van der Waals surface area contributed by atoms with Crippen LogP contribution < -0.4 is 11.1 Å². The Kier molecular flexibility index (Phi) is 2.58. The topological polar surface area (TPSA) is 50.4 Å². The lowest BCUT2D eigenvalue weighted by Gasteiger charge is -2.29. The van der Waals surface area contributed by atoms with Crippen LogP contribution in [0.1, 0.15) is 18.5 Å². The van der Waals surface area contributed by atoms with Gasteiger partial charge in [-0.3, -0.25) is 4.99 Å². The summed E-state index contributed by atoms with van der Waals surface area (Å²) in [6.07, 6.45) is 0. The van der Waals surface area contributed by atoms with Crippen molar-refractivity contribution in [1.82, 2.24) is 5.32 Å². The summed E-state index contributed by atoms with van der Waals surface area (Å²) in [5, 5.41) is 3.01. The van der Waals surface area contributed by atoms with E-state index in [4.69, 9.17) is 5.73 Å². The number of nitrogens with zero attached hydrogens (tertiary/aromatic N) is 1. The van der Waals surface area contributed by atoms with Crippen LogP contribution in [-0.4, -0.2) is 12.5 Å². The number of aliphatic imine (C=N–C) groups is 1. The Morgan fingerprint density at radius 2 is 2.20 bits per heavy atom. The third kappa shape index (κ3) is 1.93. The smallest absolute Gasteiger partial charge is 0.189 e. The van der Waals surface area contributed by atoms with Crippen molar-refractivity contribution in [3.63, 3.8) is 0 Å². The van der Waals surface area contributed by atoms with Crippen LogP contribution >= 0.6 is 0 Å². The number of nitrogens with two attached hydrogens (primary N) is 1. The van der Waals surface area contributed by atoms with Gasteiger partial charge in [-0.1, -0.05) is 25.1 Å². The van der Waals surface area contributed by atoms with E-state index >= 15 is 0 Å². The summed E-state index contributed by atoms with van der Waals surface area (Å²) in [7, 11) is 0. The molecule has 80 valence electrons. The van der Waals surface area contributed by atoms with Crippen molar-refractivity contribution in [3.8, 4) is 0 Å². The number of guanidine groups is 1. The normalized spacial score (nSPS) is 25.6. The minimum Gasteiger partial charge on any atom is -0.370 e. The van der Waals surface area contributed by atoms with Crippen molar-refractivity contribution in [2.75, 3.05) is 6.54 Å². The molecule has 0 saturated heterocycles. The Morgan fingerprint density at radius 1 is 1.47 bits per heavy atom. The molecule has 2 unspecified atom stereocenters. The molecule has 1 aliphatic rings. The van der Waals surface area contributed by atoms with Gasteiger partial charge >= 0.3 is 0 Å². The summed E-state index contributed by atoms with van der Waals surface area (Å²) in [6.45, 7) is 2.66. The number of benzene rings is 1. The van der Waals surface area contributed by atoms with E-state index in [0.29, 0.717) is 18.1 Å². The molecule has 0 spiro atoms. The Morgan fingerprint density at radius 3 is 2.93 bits per heavy atom. The van der Waals surface area contributed by atoms with E-state index in [2.05, 4.69) is 10.3 Å². The molecular weight excluding hydrogens is 193 g/mol. The quantitative estimate of drug-likeness (QED) is 0.731. The first-order valence-corrected chi connectivity index (χ1v) is 4.99. The van der Waals surface area contributed by atoms with Gasteiger partial charge < -0.3 is 11.1 Å². The van der Waals surface area contributed by atoms with Gasteiger partial charge in [0.15, 0.2) is 5.96 Å². The molecule has 1 heterocycles. The number of nitrogens with one attached hydrogen (secondary N) is 1. The fourth-order valence-corrected chi connectivity index (χ4v) is 1.81. The van der Waals surface area contributed by atoms with Gasteiger partial charge in [-0.15, -0.1) is 0 Å². The zero-order chi connectivity index (χ0) is 10.8. The van der Waals surface area contributed by atoms with E-state index < -0.39 is 0 Å². The summed E-state index contributed by atoms with van der Waals surface area (Å²) in [6, 6.07) is 6.68. The minimum absolute atomic E-state index is 0.0799. The molecule has 2 atom stereocenters. The highest BCUT2D eigenvalue weighted by atomic mass is 19.1.